The fraction of sp³-hybridized carbons (Fsp3) is 0.576. The highest BCUT2D eigenvalue weighted by Gasteiger charge is 2.41. The van der Waals surface area contributed by atoms with E-state index in [9.17, 15) is 14.7 Å². The lowest BCUT2D eigenvalue weighted by atomic mass is 9.98. The van der Waals surface area contributed by atoms with Crippen LogP contribution >= 0.6 is 0 Å². The molecule has 0 bridgehead atoms. The molecule has 0 aliphatic carbocycles. The molecule has 3 heterocycles. The molecule has 4 N–H and O–H groups in total. The fourth-order valence-electron chi connectivity index (χ4n) is 6.15. The molecule has 2 aromatic carbocycles. The van der Waals surface area contributed by atoms with Gasteiger partial charge in [0.05, 0.1) is 32.0 Å². The van der Waals surface area contributed by atoms with Gasteiger partial charge in [-0.1, -0.05) is 49.2 Å². The van der Waals surface area contributed by atoms with Crippen LogP contribution in [0.15, 0.2) is 48.5 Å². The molecule has 3 fully saturated rings. The molecule has 2 amide bonds. The number of amides is 2. The first-order chi connectivity index (χ1) is 21.4. The van der Waals surface area contributed by atoms with Crippen LogP contribution in [0.3, 0.4) is 0 Å². The average Bonchev–Trinajstić information content (AvgIpc) is 3.51. The van der Waals surface area contributed by atoms with Gasteiger partial charge in [0, 0.05) is 63.0 Å². The summed E-state index contributed by atoms with van der Waals surface area (Å²) < 4.78 is 24.9. The van der Waals surface area contributed by atoms with Crippen molar-refractivity contribution in [2.24, 2.45) is 0 Å². The van der Waals surface area contributed by atoms with Gasteiger partial charge in [0.25, 0.3) is 0 Å². The number of ether oxygens (including phenoxy) is 4. The highest BCUT2D eigenvalue weighted by Crippen LogP contribution is 2.39. The molecule has 0 saturated carbocycles. The lowest BCUT2D eigenvalue weighted by molar-refractivity contribution is -0.255. The van der Waals surface area contributed by atoms with Crippen molar-refractivity contribution in [3.05, 3.63) is 65.2 Å². The Balaban J connectivity index is 1.19. The highest BCUT2D eigenvalue weighted by molar-refractivity contribution is 5.90. The molecular weight excluding hydrogens is 566 g/mol. The normalized spacial score (nSPS) is 23.5. The van der Waals surface area contributed by atoms with E-state index in [1.165, 1.54) is 0 Å². The lowest BCUT2D eigenvalue weighted by Gasteiger charge is -2.41. The predicted molar refractivity (Wildman–Crippen MR) is 161 cm³/mol. The Morgan fingerprint density at radius 2 is 1.59 bits per heavy atom. The van der Waals surface area contributed by atoms with E-state index in [-0.39, 0.29) is 37.0 Å². The van der Waals surface area contributed by atoms with E-state index in [0.717, 1.165) is 68.4 Å². The van der Waals surface area contributed by atoms with Gasteiger partial charge in [-0.05, 0) is 36.1 Å². The number of unbranched alkanes of at least 4 members (excludes halogenated alkanes) is 3. The number of aliphatic hydroxyl groups is 1. The number of aliphatic hydroxyl groups excluding tert-OH is 1. The second-order valence-electron chi connectivity index (χ2n) is 11.9. The van der Waals surface area contributed by atoms with E-state index in [1.807, 2.05) is 48.5 Å². The van der Waals surface area contributed by atoms with E-state index < -0.39 is 12.1 Å². The summed E-state index contributed by atoms with van der Waals surface area (Å²) in [5.74, 6) is -0.881. The Morgan fingerprint density at radius 1 is 0.886 bits per heavy atom. The number of hydrogen-bond acceptors (Lipinski definition) is 9. The van der Waals surface area contributed by atoms with Crippen LogP contribution in [0.2, 0.25) is 0 Å². The van der Waals surface area contributed by atoms with Crippen molar-refractivity contribution in [2.45, 2.75) is 88.7 Å². The van der Waals surface area contributed by atoms with Crippen LogP contribution in [0.25, 0.3) is 0 Å². The zero-order valence-electron chi connectivity index (χ0n) is 25.2. The minimum atomic E-state index is -0.609. The standard InChI is InChI=1S/C33H45N3O8/c37-23-24-10-12-25(13-11-24)29-21-28(22-36-16-14-33(15-17-36)41-18-19-42-33)43-32(44-29)26-6-5-7-27(20-26)34-30(38)8-3-1-2-4-9-31(39)35-40/h5-7,10-13,20,28-29,32,37,40H,1-4,8-9,14-19,21-23H2,(H,34,38)(H,35,39)/t28-,29+,32+/m1/s1. The maximum absolute atomic E-state index is 12.6. The van der Waals surface area contributed by atoms with Gasteiger partial charge in [-0.3, -0.25) is 14.8 Å². The molecule has 3 saturated heterocycles. The third-order valence-corrected chi connectivity index (χ3v) is 8.63. The number of carbonyl (C=O) groups excluding carboxylic acids is 2. The molecule has 11 nitrogen and oxygen atoms in total. The molecule has 2 aromatic rings. The van der Waals surface area contributed by atoms with Gasteiger partial charge in [-0.2, -0.15) is 0 Å². The van der Waals surface area contributed by atoms with Crippen LogP contribution < -0.4 is 10.8 Å². The van der Waals surface area contributed by atoms with Crippen molar-refractivity contribution in [3.63, 3.8) is 0 Å². The molecular formula is C33H45N3O8. The Hall–Kier alpha value is -2.90. The average molecular weight is 612 g/mol. The van der Waals surface area contributed by atoms with Crippen molar-refractivity contribution >= 4 is 17.5 Å². The van der Waals surface area contributed by atoms with Gasteiger partial charge in [-0.15, -0.1) is 0 Å². The van der Waals surface area contributed by atoms with Crippen LogP contribution in [-0.2, 0) is 35.1 Å². The van der Waals surface area contributed by atoms with Gasteiger partial charge in [0.1, 0.15) is 0 Å². The van der Waals surface area contributed by atoms with Crippen LogP contribution in [0.4, 0.5) is 5.69 Å². The molecule has 0 radical (unpaired) electrons. The minimum absolute atomic E-state index is 0.00803. The summed E-state index contributed by atoms with van der Waals surface area (Å²) in [6, 6.07) is 15.5. The summed E-state index contributed by atoms with van der Waals surface area (Å²) in [7, 11) is 0. The van der Waals surface area contributed by atoms with Gasteiger partial charge in [-0.25, -0.2) is 5.48 Å². The van der Waals surface area contributed by atoms with E-state index >= 15 is 0 Å². The van der Waals surface area contributed by atoms with E-state index in [2.05, 4.69) is 10.2 Å². The Kier molecular flexibility index (Phi) is 11.7. The number of benzene rings is 2. The van der Waals surface area contributed by atoms with Crippen LogP contribution in [0.5, 0.6) is 0 Å². The summed E-state index contributed by atoms with van der Waals surface area (Å²) in [4.78, 5) is 26.1. The zero-order chi connectivity index (χ0) is 30.8. The van der Waals surface area contributed by atoms with E-state index in [1.54, 1.807) is 5.48 Å². The number of anilines is 1. The smallest absolute Gasteiger partial charge is 0.243 e. The first kappa shape index (κ1) is 32.5. The van der Waals surface area contributed by atoms with Crippen molar-refractivity contribution in [1.82, 2.24) is 10.4 Å². The topological polar surface area (TPSA) is 139 Å². The van der Waals surface area contributed by atoms with Gasteiger partial charge < -0.3 is 34.3 Å². The molecule has 1 spiro atoms. The van der Waals surface area contributed by atoms with E-state index in [0.29, 0.717) is 38.2 Å². The minimum Gasteiger partial charge on any atom is -0.392 e. The predicted octanol–water partition coefficient (Wildman–Crippen LogP) is 4.35. The zero-order valence-corrected chi connectivity index (χ0v) is 25.2. The maximum atomic E-state index is 12.6. The summed E-state index contributed by atoms with van der Waals surface area (Å²) >= 11 is 0. The monoisotopic (exact) mass is 611 g/mol. The lowest BCUT2D eigenvalue weighted by Crippen LogP contribution is -2.48. The van der Waals surface area contributed by atoms with Gasteiger partial charge >= 0.3 is 0 Å². The molecule has 3 aliphatic rings. The second kappa shape index (κ2) is 15.9. The first-order valence-electron chi connectivity index (χ1n) is 15.8. The number of hydrogen-bond donors (Lipinski definition) is 4. The molecule has 11 heteroatoms. The van der Waals surface area contributed by atoms with E-state index in [4.69, 9.17) is 24.2 Å². The summed E-state index contributed by atoms with van der Waals surface area (Å²) in [6.07, 6.45) is 5.21. The molecule has 0 unspecified atom stereocenters. The molecule has 3 aliphatic heterocycles. The molecule has 5 rings (SSSR count). The Morgan fingerprint density at radius 3 is 2.27 bits per heavy atom. The molecule has 44 heavy (non-hydrogen) atoms. The van der Waals surface area contributed by atoms with Crippen LogP contribution in [-0.4, -0.2) is 71.8 Å². The van der Waals surface area contributed by atoms with Gasteiger partial charge in [0.2, 0.25) is 11.8 Å². The first-order valence-corrected chi connectivity index (χ1v) is 15.8. The number of nitrogens with one attached hydrogen (secondary N) is 2. The van der Waals surface area contributed by atoms with Crippen molar-refractivity contribution < 1.29 is 38.9 Å². The Bertz CT molecular complexity index is 1210. The fourth-order valence-corrected chi connectivity index (χ4v) is 6.15. The third-order valence-electron chi connectivity index (χ3n) is 8.63. The SMILES string of the molecule is O=C(CCCCCCC(=O)Nc1cccc([C@H]2O[C@@H](CN3CCC4(CC3)OCCO4)C[C@@H](c3ccc(CO)cc3)O2)c1)NO. The number of rotatable bonds is 13. The molecule has 3 atom stereocenters. The third kappa shape index (κ3) is 9.07. The number of nitrogens with zero attached hydrogens (tertiary/aromatic N) is 1. The van der Waals surface area contributed by atoms with Crippen molar-refractivity contribution in [1.29, 1.82) is 0 Å². The van der Waals surface area contributed by atoms with Crippen molar-refractivity contribution in [3.8, 4) is 0 Å². The molecule has 240 valence electrons. The Labute approximate surface area is 258 Å². The van der Waals surface area contributed by atoms with Gasteiger partial charge in [0.15, 0.2) is 12.1 Å². The van der Waals surface area contributed by atoms with Crippen molar-refractivity contribution in [2.75, 3.05) is 38.2 Å². The number of carbonyl (C=O) groups is 2. The van der Waals surface area contributed by atoms with Crippen LogP contribution in [0.1, 0.15) is 86.9 Å². The molecule has 0 aromatic heterocycles. The summed E-state index contributed by atoms with van der Waals surface area (Å²) in [5, 5.41) is 21.1. The number of hydroxylamine groups is 1. The highest BCUT2D eigenvalue weighted by atomic mass is 16.7. The summed E-state index contributed by atoms with van der Waals surface area (Å²) in [5.41, 5.74) is 5.03. The maximum Gasteiger partial charge on any atom is 0.243 e. The quantitative estimate of drug-likeness (QED) is 0.148. The second-order valence-corrected chi connectivity index (χ2v) is 11.9. The number of piperidine rings is 1. The largest absolute Gasteiger partial charge is 0.392 e. The van der Waals surface area contributed by atoms with Crippen LogP contribution in [0, 0.1) is 0 Å². The number of likely N-dealkylation sites (tertiary alicyclic amines) is 1. The summed E-state index contributed by atoms with van der Waals surface area (Å²) in [6.45, 7) is 3.83.